The van der Waals surface area contributed by atoms with Gasteiger partial charge in [-0.2, -0.15) is 0 Å². The highest BCUT2D eigenvalue weighted by Crippen LogP contribution is 2.25. The van der Waals surface area contributed by atoms with Crippen LogP contribution in [0.1, 0.15) is 34.6 Å². The number of carbonyl (C=O) groups excluding carboxylic acids is 1. The summed E-state index contributed by atoms with van der Waals surface area (Å²) in [5, 5.41) is 0. The van der Waals surface area contributed by atoms with Crippen LogP contribution in [0.4, 0.5) is 0 Å². The van der Waals surface area contributed by atoms with Gasteiger partial charge in [-0.1, -0.05) is 13.8 Å². The van der Waals surface area contributed by atoms with E-state index in [1.807, 2.05) is 4.90 Å². The molecule has 1 saturated heterocycles. The van der Waals surface area contributed by atoms with Crippen molar-refractivity contribution in [1.82, 2.24) is 9.80 Å². The molecule has 0 radical (unpaired) electrons. The first-order valence-corrected chi connectivity index (χ1v) is 5.86. The summed E-state index contributed by atoms with van der Waals surface area (Å²) in [6.45, 7) is 14.5. The molecule has 0 unspecified atom stereocenters. The summed E-state index contributed by atoms with van der Waals surface area (Å²) in [6.07, 6.45) is 0. The van der Waals surface area contributed by atoms with Crippen molar-refractivity contribution >= 4 is 5.91 Å². The summed E-state index contributed by atoms with van der Waals surface area (Å²) >= 11 is 0. The van der Waals surface area contributed by atoms with Crippen molar-refractivity contribution in [1.29, 1.82) is 0 Å². The second-order valence-corrected chi connectivity index (χ2v) is 5.30. The second-order valence-electron chi connectivity index (χ2n) is 5.30. The predicted molar refractivity (Wildman–Crippen MR) is 62.7 cm³/mol. The van der Waals surface area contributed by atoms with Gasteiger partial charge in [-0.05, 0) is 19.8 Å². The number of amides is 1. The van der Waals surface area contributed by atoms with E-state index >= 15 is 0 Å². The lowest BCUT2D eigenvalue weighted by Gasteiger charge is -2.46. The zero-order valence-corrected chi connectivity index (χ0v) is 10.7. The summed E-state index contributed by atoms with van der Waals surface area (Å²) in [4.78, 5) is 15.6. The molecule has 15 heavy (non-hydrogen) atoms. The average molecular weight is 212 g/mol. The highest BCUT2D eigenvalue weighted by Gasteiger charge is 2.32. The van der Waals surface area contributed by atoms with Crippen LogP contribution in [-0.4, -0.2) is 47.4 Å². The summed E-state index contributed by atoms with van der Waals surface area (Å²) in [5.74, 6) is 0.846. The zero-order valence-electron chi connectivity index (χ0n) is 10.7. The van der Waals surface area contributed by atoms with Crippen LogP contribution < -0.4 is 0 Å². The highest BCUT2D eigenvalue weighted by atomic mass is 16.2. The molecule has 0 saturated carbocycles. The molecule has 0 N–H and O–H groups in total. The molecule has 1 heterocycles. The Kier molecular flexibility index (Phi) is 3.77. The average Bonchev–Trinajstić information content (AvgIpc) is 2.17. The Morgan fingerprint density at radius 3 is 1.93 bits per heavy atom. The minimum atomic E-state index is 0.206. The highest BCUT2D eigenvalue weighted by molar-refractivity contribution is 5.73. The van der Waals surface area contributed by atoms with Crippen molar-refractivity contribution in [3.63, 3.8) is 0 Å². The molecule has 1 amide bonds. The monoisotopic (exact) mass is 212 g/mol. The normalized spacial score (nSPS) is 19.7. The number of piperazine rings is 1. The molecule has 1 fully saturated rings. The maximum absolute atomic E-state index is 11.2. The molecule has 3 nitrogen and oxygen atoms in total. The third kappa shape index (κ3) is 2.71. The van der Waals surface area contributed by atoms with Gasteiger partial charge in [0.1, 0.15) is 0 Å². The van der Waals surface area contributed by atoms with Gasteiger partial charge >= 0.3 is 0 Å². The van der Waals surface area contributed by atoms with Gasteiger partial charge in [0, 0.05) is 38.6 Å². The molecule has 1 aliphatic rings. The molecule has 1 aliphatic heterocycles. The number of hydrogen-bond donors (Lipinski definition) is 0. The molecule has 1 rings (SSSR count). The fourth-order valence-electron chi connectivity index (χ4n) is 1.96. The van der Waals surface area contributed by atoms with Gasteiger partial charge in [0.15, 0.2) is 0 Å². The minimum absolute atomic E-state index is 0.206. The SMILES string of the molecule is CC(=O)N1CCN(C(C)(C)C(C)C)CC1. The first-order valence-electron chi connectivity index (χ1n) is 5.86. The Bertz CT molecular complexity index is 228. The van der Waals surface area contributed by atoms with Gasteiger partial charge in [-0.25, -0.2) is 0 Å². The van der Waals surface area contributed by atoms with Gasteiger partial charge in [0.25, 0.3) is 0 Å². The van der Waals surface area contributed by atoms with E-state index in [2.05, 4.69) is 32.6 Å². The fraction of sp³-hybridized carbons (Fsp3) is 0.917. The van der Waals surface area contributed by atoms with E-state index in [0.29, 0.717) is 5.92 Å². The molecular formula is C12H24N2O. The smallest absolute Gasteiger partial charge is 0.219 e. The lowest BCUT2D eigenvalue weighted by atomic mass is 9.88. The standard InChI is InChI=1S/C12H24N2O/c1-10(2)12(4,5)14-8-6-13(7-9-14)11(3)15/h10H,6-9H2,1-5H3. The first kappa shape index (κ1) is 12.5. The quantitative estimate of drug-likeness (QED) is 0.694. The van der Waals surface area contributed by atoms with Crippen molar-refractivity contribution in [3.8, 4) is 0 Å². The molecule has 0 aliphatic carbocycles. The van der Waals surface area contributed by atoms with Gasteiger partial charge in [0.05, 0.1) is 0 Å². The summed E-state index contributed by atoms with van der Waals surface area (Å²) in [6, 6.07) is 0. The molecular weight excluding hydrogens is 188 g/mol. The molecule has 0 aromatic carbocycles. The van der Waals surface area contributed by atoms with E-state index in [9.17, 15) is 4.79 Å². The van der Waals surface area contributed by atoms with E-state index in [1.165, 1.54) is 0 Å². The lowest BCUT2D eigenvalue weighted by molar-refractivity contribution is -0.131. The van der Waals surface area contributed by atoms with Gasteiger partial charge in [0.2, 0.25) is 5.91 Å². The Hall–Kier alpha value is -0.570. The van der Waals surface area contributed by atoms with Crippen molar-refractivity contribution < 1.29 is 4.79 Å². The van der Waals surface area contributed by atoms with Crippen LogP contribution in [0.2, 0.25) is 0 Å². The van der Waals surface area contributed by atoms with E-state index in [-0.39, 0.29) is 11.4 Å². The van der Waals surface area contributed by atoms with Crippen LogP contribution in [0.15, 0.2) is 0 Å². The third-order valence-corrected chi connectivity index (χ3v) is 3.95. The predicted octanol–water partition coefficient (Wildman–Crippen LogP) is 1.59. The van der Waals surface area contributed by atoms with E-state index in [0.717, 1.165) is 26.2 Å². The lowest BCUT2D eigenvalue weighted by Crippen LogP contribution is -2.57. The van der Waals surface area contributed by atoms with Gasteiger partial charge in [-0.15, -0.1) is 0 Å². The Morgan fingerprint density at radius 1 is 1.13 bits per heavy atom. The Labute approximate surface area is 93.4 Å². The number of rotatable bonds is 2. The van der Waals surface area contributed by atoms with Crippen molar-refractivity contribution in [3.05, 3.63) is 0 Å². The van der Waals surface area contributed by atoms with E-state index in [1.54, 1.807) is 6.92 Å². The number of hydrogen-bond acceptors (Lipinski definition) is 2. The minimum Gasteiger partial charge on any atom is -0.340 e. The second kappa shape index (κ2) is 4.52. The van der Waals surface area contributed by atoms with Crippen LogP contribution in [0.5, 0.6) is 0 Å². The van der Waals surface area contributed by atoms with Crippen LogP contribution in [0.3, 0.4) is 0 Å². The Morgan fingerprint density at radius 2 is 1.60 bits per heavy atom. The molecule has 0 aromatic heterocycles. The van der Waals surface area contributed by atoms with Crippen molar-refractivity contribution in [2.45, 2.75) is 40.2 Å². The molecule has 0 bridgehead atoms. The van der Waals surface area contributed by atoms with E-state index in [4.69, 9.17) is 0 Å². The van der Waals surface area contributed by atoms with Crippen molar-refractivity contribution in [2.24, 2.45) is 5.92 Å². The van der Waals surface area contributed by atoms with Crippen LogP contribution >= 0.6 is 0 Å². The largest absolute Gasteiger partial charge is 0.340 e. The number of carbonyl (C=O) groups is 1. The topological polar surface area (TPSA) is 23.6 Å². The maximum atomic E-state index is 11.2. The summed E-state index contributed by atoms with van der Waals surface area (Å²) in [7, 11) is 0. The van der Waals surface area contributed by atoms with Gasteiger partial charge < -0.3 is 4.90 Å². The molecule has 0 aromatic rings. The number of nitrogens with zero attached hydrogens (tertiary/aromatic N) is 2. The molecule has 3 heteroatoms. The van der Waals surface area contributed by atoms with Crippen molar-refractivity contribution in [2.75, 3.05) is 26.2 Å². The Balaban J connectivity index is 2.54. The fourth-order valence-corrected chi connectivity index (χ4v) is 1.96. The van der Waals surface area contributed by atoms with Crippen LogP contribution in [-0.2, 0) is 4.79 Å². The maximum Gasteiger partial charge on any atom is 0.219 e. The molecule has 88 valence electrons. The zero-order chi connectivity index (χ0) is 11.6. The molecule has 0 atom stereocenters. The summed E-state index contributed by atoms with van der Waals surface area (Å²) < 4.78 is 0. The summed E-state index contributed by atoms with van der Waals surface area (Å²) in [5.41, 5.74) is 0.239. The van der Waals surface area contributed by atoms with Crippen LogP contribution in [0.25, 0.3) is 0 Å². The van der Waals surface area contributed by atoms with E-state index < -0.39 is 0 Å². The first-order chi connectivity index (χ1) is 6.85. The van der Waals surface area contributed by atoms with Crippen LogP contribution in [0, 0.1) is 5.92 Å². The molecule has 0 spiro atoms. The third-order valence-electron chi connectivity index (χ3n) is 3.95. The van der Waals surface area contributed by atoms with Gasteiger partial charge in [-0.3, -0.25) is 9.69 Å².